The number of para-hydroxylation sites is 1. The molecule has 2 aromatic carbocycles. The molecule has 0 aliphatic heterocycles. The molecule has 6 nitrogen and oxygen atoms in total. The van der Waals surface area contributed by atoms with Crippen molar-refractivity contribution in [2.24, 2.45) is 0 Å². The fourth-order valence-corrected chi connectivity index (χ4v) is 4.29. The quantitative estimate of drug-likeness (QED) is 0.503. The first-order chi connectivity index (χ1) is 14.4. The molecular weight excluding hydrogens is 394 g/mol. The first-order valence-electron chi connectivity index (χ1n) is 9.91. The molecule has 4 aromatic rings. The standard InChI is InChI=1S/C23H25N5OS/c1-15-10-12-18(13-11-15)16(2)24-20(29)14-27(4)23-25-22-21(30-23)17(3)26-28(22)19-8-6-5-7-9-19/h5-13,16H,14H2,1-4H3,(H,24,29). The molecule has 0 saturated carbocycles. The van der Waals surface area contributed by atoms with Gasteiger partial charge in [0.15, 0.2) is 10.8 Å². The van der Waals surface area contributed by atoms with Crippen molar-refractivity contribution in [2.45, 2.75) is 26.8 Å². The van der Waals surface area contributed by atoms with Gasteiger partial charge in [0.25, 0.3) is 0 Å². The Kier molecular flexibility index (Phi) is 5.55. The number of hydrogen-bond donors (Lipinski definition) is 1. The van der Waals surface area contributed by atoms with Crippen LogP contribution in [0.15, 0.2) is 54.6 Å². The highest BCUT2D eigenvalue weighted by atomic mass is 32.1. The first kappa shape index (κ1) is 20.1. The zero-order chi connectivity index (χ0) is 21.3. The third kappa shape index (κ3) is 4.07. The molecule has 0 aliphatic rings. The van der Waals surface area contributed by atoms with Crippen molar-refractivity contribution in [3.8, 4) is 5.69 Å². The fraction of sp³-hybridized carbons (Fsp3) is 0.261. The van der Waals surface area contributed by atoms with E-state index < -0.39 is 0 Å². The normalized spacial score (nSPS) is 12.1. The number of hydrogen-bond acceptors (Lipinski definition) is 5. The highest BCUT2D eigenvalue weighted by Gasteiger charge is 2.19. The van der Waals surface area contributed by atoms with E-state index in [9.17, 15) is 4.79 Å². The number of rotatable bonds is 6. The number of amides is 1. The molecule has 1 N–H and O–H groups in total. The lowest BCUT2D eigenvalue weighted by molar-refractivity contribution is -0.120. The highest BCUT2D eigenvalue weighted by molar-refractivity contribution is 7.22. The summed E-state index contributed by atoms with van der Waals surface area (Å²) in [5.74, 6) is -0.0359. The van der Waals surface area contributed by atoms with Crippen molar-refractivity contribution >= 4 is 32.7 Å². The van der Waals surface area contributed by atoms with Crippen LogP contribution < -0.4 is 10.2 Å². The third-order valence-electron chi connectivity index (χ3n) is 5.04. The van der Waals surface area contributed by atoms with E-state index in [0.717, 1.165) is 32.4 Å². The second-order valence-corrected chi connectivity index (χ2v) is 8.52. The van der Waals surface area contributed by atoms with Crippen LogP contribution >= 0.6 is 11.3 Å². The molecule has 0 spiro atoms. The van der Waals surface area contributed by atoms with Gasteiger partial charge in [0, 0.05) is 7.05 Å². The molecule has 154 valence electrons. The van der Waals surface area contributed by atoms with E-state index in [-0.39, 0.29) is 18.5 Å². The minimum Gasteiger partial charge on any atom is -0.348 e. The van der Waals surface area contributed by atoms with Gasteiger partial charge in [0.05, 0.1) is 28.7 Å². The van der Waals surface area contributed by atoms with Crippen LogP contribution in [-0.2, 0) is 4.79 Å². The van der Waals surface area contributed by atoms with Gasteiger partial charge < -0.3 is 10.2 Å². The topological polar surface area (TPSA) is 63.1 Å². The Balaban J connectivity index is 1.48. The molecule has 0 bridgehead atoms. The van der Waals surface area contributed by atoms with Gasteiger partial charge in [-0.2, -0.15) is 10.1 Å². The summed E-state index contributed by atoms with van der Waals surface area (Å²) >= 11 is 1.56. The molecule has 30 heavy (non-hydrogen) atoms. The number of thiazole rings is 1. The van der Waals surface area contributed by atoms with Crippen LogP contribution in [0.2, 0.25) is 0 Å². The summed E-state index contributed by atoms with van der Waals surface area (Å²) in [5, 5.41) is 8.50. The Bertz CT molecular complexity index is 1160. The smallest absolute Gasteiger partial charge is 0.240 e. The fourth-order valence-electron chi connectivity index (χ4n) is 3.34. The van der Waals surface area contributed by atoms with Gasteiger partial charge in [0.2, 0.25) is 5.91 Å². The second kappa shape index (κ2) is 8.28. The van der Waals surface area contributed by atoms with E-state index in [1.807, 2.05) is 60.8 Å². The zero-order valence-electron chi connectivity index (χ0n) is 17.6. The van der Waals surface area contributed by atoms with Crippen LogP contribution in [0, 0.1) is 13.8 Å². The van der Waals surface area contributed by atoms with Crippen molar-refractivity contribution in [1.29, 1.82) is 0 Å². The Labute approximate surface area is 180 Å². The minimum absolute atomic E-state index is 0.0359. The molecular formula is C23H25N5OS. The van der Waals surface area contributed by atoms with Crippen molar-refractivity contribution in [3.05, 3.63) is 71.4 Å². The van der Waals surface area contributed by atoms with Gasteiger partial charge in [-0.15, -0.1) is 0 Å². The van der Waals surface area contributed by atoms with Gasteiger partial charge in [-0.25, -0.2) is 4.68 Å². The summed E-state index contributed by atoms with van der Waals surface area (Å²) in [6.07, 6.45) is 0. The summed E-state index contributed by atoms with van der Waals surface area (Å²) in [6, 6.07) is 18.1. The maximum Gasteiger partial charge on any atom is 0.240 e. The van der Waals surface area contributed by atoms with Crippen molar-refractivity contribution in [2.75, 3.05) is 18.5 Å². The molecule has 0 aliphatic carbocycles. The number of aromatic nitrogens is 3. The lowest BCUT2D eigenvalue weighted by Gasteiger charge is -2.19. The van der Waals surface area contributed by atoms with E-state index in [0.29, 0.717) is 0 Å². The molecule has 2 aromatic heterocycles. The lowest BCUT2D eigenvalue weighted by Crippen LogP contribution is -2.36. The van der Waals surface area contributed by atoms with Gasteiger partial charge in [-0.1, -0.05) is 59.4 Å². The zero-order valence-corrected chi connectivity index (χ0v) is 18.4. The van der Waals surface area contributed by atoms with E-state index in [1.165, 1.54) is 5.56 Å². The number of carbonyl (C=O) groups is 1. The van der Waals surface area contributed by atoms with Crippen LogP contribution in [0.5, 0.6) is 0 Å². The molecule has 2 heterocycles. The highest BCUT2D eigenvalue weighted by Crippen LogP contribution is 2.31. The van der Waals surface area contributed by atoms with Crippen molar-refractivity contribution < 1.29 is 4.79 Å². The number of nitrogens with zero attached hydrogens (tertiary/aromatic N) is 4. The second-order valence-electron chi connectivity index (χ2n) is 7.54. The van der Waals surface area contributed by atoms with E-state index >= 15 is 0 Å². The summed E-state index contributed by atoms with van der Waals surface area (Å²) in [5.41, 5.74) is 5.02. The maximum atomic E-state index is 12.6. The van der Waals surface area contributed by atoms with Gasteiger partial charge in [-0.05, 0) is 38.5 Å². The van der Waals surface area contributed by atoms with Crippen LogP contribution in [0.1, 0.15) is 29.8 Å². The molecule has 0 saturated heterocycles. The number of benzene rings is 2. The van der Waals surface area contributed by atoms with Crippen LogP contribution in [0.4, 0.5) is 5.13 Å². The Morgan fingerprint density at radius 3 is 2.53 bits per heavy atom. The SMILES string of the molecule is Cc1ccc(C(C)NC(=O)CN(C)c2nc3c(s2)c(C)nn3-c2ccccc2)cc1. The number of likely N-dealkylation sites (N-methyl/N-ethyl adjacent to an activating group) is 1. The summed E-state index contributed by atoms with van der Waals surface area (Å²) < 4.78 is 2.90. The molecule has 7 heteroatoms. The van der Waals surface area contributed by atoms with Gasteiger partial charge in [-0.3, -0.25) is 4.79 Å². The van der Waals surface area contributed by atoms with Crippen LogP contribution in [0.25, 0.3) is 16.0 Å². The van der Waals surface area contributed by atoms with Gasteiger partial charge in [0.1, 0.15) is 0 Å². The molecule has 1 atom stereocenters. The average Bonchev–Trinajstić information content (AvgIpc) is 3.30. The molecule has 4 rings (SSSR count). The monoisotopic (exact) mass is 419 g/mol. The molecule has 0 fully saturated rings. The number of anilines is 1. The Morgan fingerprint density at radius 2 is 1.83 bits per heavy atom. The van der Waals surface area contributed by atoms with E-state index in [4.69, 9.17) is 4.98 Å². The van der Waals surface area contributed by atoms with E-state index in [2.05, 4.69) is 41.6 Å². The summed E-state index contributed by atoms with van der Waals surface area (Å²) in [7, 11) is 1.89. The largest absolute Gasteiger partial charge is 0.348 e. The number of carbonyl (C=O) groups excluding carboxylic acids is 1. The summed E-state index contributed by atoms with van der Waals surface area (Å²) in [6.45, 7) is 6.28. The Morgan fingerprint density at radius 1 is 1.13 bits per heavy atom. The van der Waals surface area contributed by atoms with Crippen LogP contribution in [-0.4, -0.2) is 34.3 Å². The maximum absolute atomic E-state index is 12.6. The Hall–Kier alpha value is -3.19. The molecule has 0 radical (unpaired) electrons. The average molecular weight is 420 g/mol. The number of nitrogens with one attached hydrogen (secondary N) is 1. The van der Waals surface area contributed by atoms with Crippen molar-refractivity contribution in [3.63, 3.8) is 0 Å². The summed E-state index contributed by atoms with van der Waals surface area (Å²) in [4.78, 5) is 19.3. The predicted molar refractivity (Wildman–Crippen MR) is 122 cm³/mol. The first-order valence-corrected chi connectivity index (χ1v) is 10.7. The minimum atomic E-state index is -0.0456. The molecule has 1 amide bonds. The number of fused-ring (bicyclic) bond motifs is 1. The van der Waals surface area contributed by atoms with Gasteiger partial charge >= 0.3 is 0 Å². The lowest BCUT2D eigenvalue weighted by atomic mass is 10.1. The van der Waals surface area contributed by atoms with E-state index in [1.54, 1.807) is 11.3 Å². The van der Waals surface area contributed by atoms with Crippen LogP contribution in [0.3, 0.4) is 0 Å². The third-order valence-corrected chi connectivity index (χ3v) is 6.31. The predicted octanol–water partition coefficient (Wildman–Crippen LogP) is 4.41. The molecule has 1 unspecified atom stereocenters. The number of aryl methyl sites for hydroxylation is 2. The van der Waals surface area contributed by atoms with Crippen molar-refractivity contribution in [1.82, 2.24) is 20.1 Å².